The van der Waals surface area contributed by atoms with Crippen molar-refractivity contribution in [2.24, 2.45) is 0 Å². The SMILES string of the molecule is CCOC(=O)CC(=O)N(CCN1CCCS1(=O)=O)c1cc(Cc2ccc(F)cc2)cnc1C(=O)OCC. The maximum atomic E-state index is 13.3. The molecule has 0 radical (unpaired) electrons. The van der Waals surface area contributed by atoms with Crippen LogP contribution in [-0.4, -0.2) is 74.2 Å². The van der Waals surface area contributed by atoms with Crippen LogP contribution in [0.1, 0.15) is 48.3 Å². The third kappa shape index (κ3) is 7.56. The van der Waals surface area contributed by atoms with E-state index >= 15 is 0 Å². The summed E-state index contributed by atoms with van der Waals surface area (Å²) in [7, 11) is -3.44. The largest absolute Gasteiger partial charge is 0.466 e. The minimum Gasteiger partial charge on any atom is -0.466 e. The topological polar surface area (TPSA) is 123 Å². The van der Waals surface area contributed by atoms with Gasteiger partial charge in [0.25, 0.3) is 0 Å². The molecular formula is C25H30FN3O7S. The van der Waals surface area contributed by atoms with Crippen molar-refractivity contribution in [3.8, 4) is 0 Å². The summed E-state index contributed by atoms with van der Waals surface area (Å²) in [5, 5.41) is 0. The van der Waals surface area contributed by atoms with E-state index in [9.17, 15) is 27.2 Å². The van der Waals surface area contributed by atoms with E-state index in [1.807, 2.05) is 0 Å². The summed E-state index contributed by atoms with van der Waals surface area (Å²) >= 11 is 0. The predicted molar refractivity (Wildman–Crippen MR) is 133 cm³/mol. The van der Waals surface area contributed by atoms with Crippen molar-refractivity contribution in [1.82, 2.24) is 9.29 Å². The van der Waals surface area contributed by atoms with Crippen molar-refractivity contribution in [1.29, 1.82) is 0 Å². The second kappa shape index (κ2) is 12.7. The van der Waals surface area contributed by atoms with Gasteiger partial charge in [0.15, 0.2) is 5.69 Å². The fraction of sp³-hybridized carbons (Fsp3) is 0.440. The quantitative estimate of drug-likeness (QED) is 0.317. The second-order valence-corrected chi connectivity index (χ2v) is 10.4. The summed E-state index contributed by atoms with van der Waals surface area (Å²) in [5.74, 6) is -2.56. The van der Waals surface area contributed by atoms with E-state index in [1.165, 1.54) is 27.5 Å². The first kappa shape index (κ1) is 28.2. The Labute approximate surface area is 215 Å². The molecule has 0 atom stereocenters. The molecular weight excluding hydrogens is 505 g/mol. The van der Waals surface area contributed by atoms with Crippen molar-refractivity contribution in [2.75, 3.05) is 43.5 Å². The summed E-state index contributed by atoms with van der Waals surface area (Å²) in [4.78, 5) is 43.5. The zero-order valence-corrected chi connectivity index (χ0v) is 21.6. The highest BCUT2D eigenvalue weighted by molar-refractivity contribution is 7.89. The number of halogens is 1. The van der Waals surface area contributed by atoms with Gasteiger partial charge in [0.2, 0.25) is 15.9 Å². The molecule has 0 aliphatic carbocycles. The minimum atomic E-state index is -3.44. The van der Waals surface area contributed by atoms with Gasteiger partial charge in [-0.3, -0.25) is 9.59 Å². The number of amides is 1. The molecule has 1 aliphatic heterocycles. The summed E-state index contributed by atoms with van der Waals surface area (Å²) in [6.45, 7) is 3.56. The van der Waals surface area contributed by atoms with Gasteiger partial charge in [0, 0.05) is 25.8 Å². The van der Waals surface area contributed by atoms with Gasteiger partial charge in [-0.05, 0) is 56.0 Å². The maximum absolute atomic E-state index is 13.3. The Kier molecular flexibility index (Phi) is 9.70. The van der Waals surface area contributed by atoms with E-state index in [4.69, 9.17) is 9.47 Å². The van der Waals surface area contributed by atoms with E-state index in [2.05, 4.69) is 4.98 Å². The molecule has 1 amide bonds. The molecule has 1 saturated heterocycles. The smallest absolute Gasteiger partial charge is 0.359 e. The molecule has 200 valence electrons. The van der Waals surface area contributed by atoms with Gasteiger partial charge in [0.1, 0.15) is 12.2 Å². The normalized spacial score (nSPS) is 14.8. The van der Waals surface area contributed by atoms with Gasteiger partial charge in [-0.1, -0.05) is 12.1 Å². The number of carbonyl (C=O) groups excluding carboxylic acids is 3. The van der Waals surface area contributed by atoms with Crippen LogP contribution < -0.4 is 4.90 Å². The molecule has 3 rings (SSSR count). The molecule has 2 aromatic rings. The molecule has 1 aromatic heterocycles. The fourth-order valence-corrected chi connectivity index (χ4v) is 5.48. The van der Waals surface area contributed by atoms with E-state index in [-0.39, 0.29) is 49.3 Å². The number of nitrogens with zero attached hydrogens (tertiary/aromatic N) is 3. The molecule has 0 bridgehead atoms. The number of benzene rings is 1. The van der Waals surface area contributed by atoms with Gasteiger partial charge in [0.05, 0.1) is 24.7 Å². The number of carbonyl (C=O) groups is 3. The zero-order valence-electron chi connectivity index (χ0n) is 20.8. The first-order chi connectivity index (χ1) is 17.6. The predicted octanol–water partition coefficient (Wildman–Crippen LogP) is 2.31. The lowest BCUT2D eigenvalue weighted by atomic mass is 10.0. The first-order valence-corrected chi connectivity index (χ1v) is 13.6. The van der Waals surface area contributed by atoms with Crippen LogP contribution in [0.15, 0.2) is 36.5 Å². The Bertz CT molecular complexity index is 1240. The minimum absolute atomic E-state index is 0.0204. The monoisotopic (exact) mass is 535 g/mol. The third-order valence-electron chi connectivity index (χ3n) is 5.68. The van der Waals surface area contributed by atoms with Crippen LogP contribution >= 0.6 is 0 Å². The van der Waals surface area contributed by atoms with E-state index in [0.29, 0.717) is 24.9 Å². The van der Waals surface area contributed by atoms with E-state index < -0.39 is 34.3 Å². The van der Waals surface area contributed by atoms with Gasteiger partial charge in [-0.2, -0.15) is 0 Å². The molecule has 0 unspecified atom stereocenters. The summed E-state index contributed by atoms with van der Waals surface area (Å²) < 4.78 is 49.3. The van der Waals surface area contributed by atoms with Crippen LogP contribution in [0.25, 0.3) is 0 Å². The molecule has 1 fully saturated rings. The number of pyridine rings is 1. The lowest BCUT2D eigenvalue weighted by molar-refractivity contribution is -0.145. The van der Waals surface area contributed by atoms with Crippen molar-refractivity contribution in [3.63, 3.8) is 0 Å². The first-order valence-electron chi connectivity index (χ1n) is 12.0. The van der Waals surface area contributed by atoms with E-state index in [0.717, 1.165) is 5.56 Å². The molecule has 10 nitrogen and oxygen atoms in total. The third-order valence-corrected chi connectivity index (χ3v) is 7.64. The van der Waals surface area contributed by atoms with Crippen LogP contribution in [0.5, 0.6) is 0 Å². The molecule has 37 heavy (non-hydrogen) atoms. The van der Waals surface area contributed by atoms with Gasteiger partial charge >= 0.3 is 11.9 Å². The standard InChI is InChI=1S/C25H30FN3O7S/c1-3-35-23(31)16-22(30)29(12-11-28-10-5-13-37(28,33)34)21-15-19(14-18-6-8-20(26)9-7-18)17-27-24(21)25(32)36-4-2/h6-9,15,17H,3-5,10-14,16H2,1-2H3. The Morgan fingerprint density at radius 1 is 1.08 bits per heavy atom. The van der Waals surface area contributed by atoms with Crippen molar-refractivity contribution in [3.05, 3.63) is 59.2 Å². The van der Waals surface area contributed by atoms with Crippen LogP contribution in [0, 0.1) is 5.82 Å². The molecule has 12 heteroatoms. The zero-order chi connectivity index (χ0) is 27.0. The highest BCUT2D eigenvalue weighted by atomic mass is 32.2. The fourth-order valence-electron chi connectivity index (χ4n) is 3.96. The molecule has 0 spiro atoms. The molecule has 2 heterocycles. The van der Waals surface area contributed by atoms with Crippen LogP contribution in [0.3, 0.4) is 0 Å². The number of anilines is 1. The Morgan fingerprint density at radius 3 is 2.41 bits per heavy atom. The Balaban J connectivity index is 2.00. The number of hydrogen-bond acceptors (Lipinski definition) is 8. The average Bonchev–Trinajstić information content (AvgIpc) is 3.19. The highest BCUT2D eigenvalue weighted by Gasteiger charge is 2.31. The van der Waals surface area contributed by atoms with Crippen molar-refractivity contribution < 1.29 is 36.7 Å². The second-order valence-electron chi connectivity index (χ2n) is 8.33. The molecule has 0 N–H and O–H groups in total. The number of sulfonamides is 1. The summed E-state index contributed by atoms with van der Waals surface area (Å²) in [6, 6.07) is 7.43. The van der Waals surface area contributed by atoms with Crippen molar-refractivity contribution >= 4 is 33.6 Å². The summed E-state index contributed by atoms with van der Waals surface area (Å²) in [5.41, 5.74) is 1.32. The molecule has 1 aromatic carbocycles. The van der Waals surface area contributed by atoms with Gasteiger partial charge in [-0.25, -0.2) is 26.9 Å². The van der Waals surface area contributed by atoms with E-state index in [1.54, 1.807) is 32.0 Å². The van der Waals surface area contributed by atoms with Crippen LogP contribution in [0.2, 0.25) is 0 Å². The highest BCUT2D eigenvalue weighted by Crippen LogP contribution is 2.25. The molecule has 1 aliphatic rings. The Hall–Kier alpha value is -3.38. The number of ether oxygens (including phenoxy) is 2. The molecule has 0 saturated carbocycles. The lowest BCUT2D eigenvalue weighted by Crippen LogP contribution is -2.41. The van der Waals surface area contributed by atoms with Gasteiger partial charge in [-0.15, -0.1) is 0 Å². The maximum Gasteiger partial charge on any atom is 0.359 e. The number of aromatic nitrogens is 1. The van der Waals surface area contributed by atoms with Crippen molar-refractivity contribution in [2.45, 2.75) is 33.1 Å². The van der Waals surface area contributed by atoms with Crippen LogP contribution in [-0.2, 0) is 35.5 Å². The number of esters is 2. The number of rotatable bonds is 11. The Morgan fingerprint density at radius 2 is 1.78 bits per heavy atom. The van der Waals surface area contributed by atoms with Gasteiger partial charge < -0.3 is 14.4 Å². The lowest BCUT2D eigenvalue weighted by Gasteiger charge is -2.26. The number of hydrogen-bond donors (Lipinski definition) is 0. The average molecular weight is 536 g/mol. The summed E-state index contributed by atoms with van der Waals surface area (Å²) in [6.07, 6.45) is 1.65. The van der Waals surface area contributed by atoms with Crippen LogP contribution in [0.4, 0.5) is 10.1 Å².